The van der Waals surface area contributed by atoms with Crippen LogP contribution in [0, 0.1) is 11.3 Å². The smallest absolute Gasteiger partial charge is 0.282 e. The molecule has 3 aliphatic rings. The maximum Gasteiger partial charge on any atom is 0.282 e. The van der Waals surface area contributed by atoms with E-state index in [0.717, 1.165) is 32.1 Å². The Morgan fingerprint density at radius 3 is 2.68 bits per heavy atom. The van der Waals surface area contributed by atoms with Gasteiger partial charge in [0.2, 0.25) is 5.91 Å². The van der Waals surface area contributed by atoms with Crippen molar-refractivity contribution < 1.29 is 23.1 Å². The minimum absolute atomic E-state index is 0.0109. The SMILES string of the molecule is CC(C)Cn1cc(C(=O)N2CC[C@@H](NC(=O)C3(C4CCCCO4)CC3)C2)c(C(F)F)n1. The summed E-state index contributed by atoms with van der Waals surface area (Å²) in [6, 6.07) is -0.168. The number of hydrogen-bond donors (Lipinski definition) is 1. The molecule has 7 nitrogen and oxygen atoms in total. The Kier molecular flexibility index (Phi) is 6.32. The highest BCUT2D eigenvalue weighted by atomic mass is 19.3. The molecule has 2 amide bonds. The average molecular weight is 439 g/mol. The largest absolute Gasteiger partial charge is 0.377 e. The lowest BCUT2D eigenvalue weighted by atomic mass is 9.91. The fourth-order valence-electron chi connectivity index (χ4n) is 4.80. The first-order valence-corrected chi connectivity index (χ1v) is 11.4. The molecule has 9 heteroatoms. The van der Waals surface area contributed by atoms with Gasteiger partial charge in [-0.2, -0.15) is 5.10 Å². The minimum atomic E-state index is -2.81. The van der Waals surface area contributed by atoms with Crippen LogP contribution in [0.25, 0.3) is 0 Å². The molecule has 2 saturated heterocycles. The van der Waals surface area contributed by atoms with Crippen molar-refractivity contribution in [1.82, 2.24) is 20.0 Å². The maximum absolute atomic E-state index is 13.5. The number of rotatable bonds is 7. The molecule has 4 rings (SSSR count). The zero-order valence-corrected chi connectivity index (χ0v) is 18.3. The summed E-state index contributed by atoms with van der Waals surface area (Å²) in [6.07, 6.45) is 3.94. The molecule has 1 N–H and O–H groups in total. The van der Waals surface area contributed by atoms with Gasteiger partial charge in [0.15, 0.2) is 0 Å². The standard InChI is InChI=1S/C22H32F2N4O3/c1-14(2)11-28-13-16(18(26-28)19(23)24)20(29)27-9-6-15(12-27)25-21(30)22(7-8-22)17-5-3-4-10-31-17/h13-15,17,19H,3-12H2,1-2H3,(H,25,30)/t15-,17?/m1/s1. The second-order valence-corrected chi connectivity index (χ2v) is 9.57. The van der Waals surface area contributed by atoms with Crippen LogP contribution in [0.15, 0.2) is 6.20 Å². The zero-order chi connectivity index (χ0) is 22.2. The lowest BCUT2D eigenvalue weighted by molar-refractivity contribution is -0.135. The molecule has 0 bridgehead atoms. The summed E-state index contributed by atoms with van der Waals surface area (Å²) in [4.78, 5) is 27.5. The van der Waals surface area contributed by atoms with E-state index in [9.17, 15) is 18.4 Å². The number of hydrogen-bond acceptors (Lipinski definition) is 4. The third kappa shape index (κ3) is 4.61. The lowest BCUT2D eigenvalue weighted by Crippen LogP contribution is -2.47. The molecule has 31 heavy (non-hydrogen) atoms. The monoisotopic (exact) mass is 438 g/mol. The fourth-order valence-corrected chi connectivity index (χ4v) is 4.80. The van der Waals surface area contributed by atoms with E-state index in [4.69, 9.17) is 4.74 Å². The quantitative estimate of drug-likeness (QED) is 0.710. The molecule has 2 atom stereocenters. The molecule has 3 fully saturated rings. The summed E-state index contributed by atoms with van der Waals surface area (Å²) in [5.41, 5.74) is -0.931. The number of halogens is 2. The molecular weight excluding hydrogens is 406 g/mol. The van der Waals surface area contributed by atoms with Gasteiger partial charge in [0.25, 0.3) is 12.3 Å². The van der Waals surface area contributed by atoms with Gasteiger partial charge in [0.05, 0.1) is 17.1 Å². The number of likely N-dealkylation sites (tertiary alicyclic amines) is 1. The van der Waals surface area contributed by atoms with Gasteiger partial charge >= 0.3 is 0 Å². The Bertz CT molecular complexity index is 816. The second-order valence-electron chi connectivity index (χ2n) is 9.57. The zero-order valence-electron chi connectivity index (χ0n) is 18.3. The van der Waals surface area contributed by atoms with Crippen LogP contribution < -0.4 is 5.32 Å². The average Bonchev–Trinajstić information content (AvgIpc) is 3.24. The third-order valence-electron chi connectivity index (χ3n) is 6.63. The molecule has 0 spiro atoms. The van der Waals surface area contributed by atoms with Crippen LogP contribution in [0.5, 0.6) is 0 Å². The van der Waals surface area contributed by atoms with Gasteiger partial charge in [-0.3, -0.25) is 14.3 Å². The molecule has 3 heterocycles. The van der Waals surface area contributed by atoms with Gasteiger partial charge in [0, 0.05) is 38.5 Å². The molecule has 172 valence electrons. The summed E-state index contributed by atoms with van der Waals surface area (Å²) in [7, 11) is 0. The number of nitrogens with one attached hydrogen (secondary N) is 1. The molecule has 2 aliphatic heterocycles. The summed E-state index contributed by atoms with van der Waals surface area (Å²) in [5.74, 6) is -0.210. The van der Waals surface area contributed by atoms with Crippen molar-refractivity contribution in [2.24, 2.45) is 11.3 Å². The van der Waals surface area contributed by atoms with Crippen LogP contribution in [-0.2, 0) is 16.1 Å². The van der Waals surface area contributed by atoms with Crippen molar-refractivity contribution in [3.8, 4) is 0 Å². The van der Waals surface area contributed by atoms with Crippen LogP contribution in [0.3, 0.4) is 0 Å². The topological polar surface area (TPSA) is 76.5 Å². The van der Waals surface area contributed by atoms with Gasteiger partial charge in [-0.25, -0.2) is 8.78 Å². The number of aromatic nitrogens is 2. The highest BCUT2D eigenvalue weighted by molar-refractivity contribution is 5.95. The first-order chi connectivity index (χ1) is 14.8. The highest BCUT2D eigenvalue weighted by Crippen LogP contribution is 2.52. The molecule has 0 radical (unpaired) electrons. The predicted molar refractivity (Wildman–Crippen MR) is 110 cm³/mol. The Labute approximate surface area is 181 Å². The summed E-state index contributed by atoms with van der Waals surface area (Å²) in [6.45, 7) is 5.85. The number of nitrogens with zero attached hydrogens (tertiary/aromatic N) is 3. The number of alkyl halides is 2. The minimum Gasteiger partial charge on any atom is -0.377 e. The van der Waals surface area contributed by atoms with Crippen molar-refractivity contribution >= 4 is 11.8 Å². The number of ether oxygens (including phenoxy) is 1. The van der Waals surface area contributed by atoms with E-state index >= 15 is 0 Å². The highest BCUT2D eigenvalue weighted by Gasteiger charge is 2.57. The Morgan fingerprint density at radius 2 is 2.06 bits per heavy atom. The van der Waals surface area contributed by atoms with E-state index in [2.05, 4.69) is 10.4 Å². The maximum atomic E-state index is 13.5. The lowest BCUT2D eigenvalue weighted by Gasteiger charge is -2.30. The summed E-state index contributed by atoms with van der Waals surface area (Å²) >= 11 is 0. The van der Waals surface area contributed by atoms with Crippen LogP contribution in [0.2, 0.25) is 0 Å². The molecule has 1 unspecified atom stereocenters. The molecule has 1 aliphatic carbocycles. The van der Waals surface area contributed by atoms with Gasteiger partial charge in [-0.1, -0.05) is 13.8 Å². The van der Waals surface area contributed by atoms with E-state index in [-0.39, 0.29) is 29.5 Å². The van der Waals surface area contributed by atoms with E-state index in [1.54, 1.807) is 4.90 Å². The van der Waals surface area contributed by atoms with Crippen molar-refractivity contribution in [2.75, 3.05) is 19.7 Å². The van der Waals surface area contributed by atoms with Crippen LogP contribution in [0.4, 0.5) is 8.78 Å². The van der Waals surface area contributed by atoms with E-state index in [1.807, 2.05) is 13.8 Å². The van der Waals surface area contributed by atoms with Crippen molar-refractivity contribution in [3.05, 3.63) is 17.5 Å². The predicted octanol–water partition coefficient (Wildman–Crippen LogP) is 3.16. The van der Waals surface area contributed by atoms with E-state index in [1.165, 1.54) is 10.9 Å². The van der Waals surface area contributed by atoms with Crippen molar-refractivity contribution in [3.63, 3.8) is 0 Å². The van der Waals surface area contributed by atoms with Gasteiger partial charge in [-0.15, -0.1) is 0 Å². The Balaban J connectivity index is 1.38. The van der Waals surface area contributed by atoms with Crippen LogP contribution >= 0.6 is 0 Å². The third-order valence-corrected chi connectivity index (χ3v) is 6.63. The normalized spacial score (nSPS) is 25.3. The second kappa shape index (κ2) is 8.84. The molecule has 1 aromatic rings. The Hall–Kier alpha value is -2.03. The number of carbonyl (C=O) groups excluding carboxylic acids is 2. The van der Waals surface area contributed by atoms with Gasteiger partial charge in [0.1, 0.15) is 5.69 Å². The summed E-state index contributed by atoms with van der Waals surface area (Å²) in [5, 5.41) is 7.04. The fraction of sp³-hybridized carbons (Fsp3) is 0.773. The number of amides is 2. The van der Waals surface area contributed by atoms with Gasteiger partial charge in [-0.05, 0) is 44.4 Å². The van der Waals surface area contributed by atoms with E-state index < -0.39 is 23.4 Å². The van der Waals surface area contributed by atoms with Gasteiger partial charge < -0.3 is 15.0 Å². The first kappa shape index (κ1) is 22.2. The van der Waals surface area contributed by atoms with E-state index in [0.29, 0.717) is 32.7 Å². The first-order valence-electron chi connectivity index (χ1n) is 11.4. The van der Waals surface area contributed by atoms with Crippen LogP contribution in [-0.4, -0.2) is 58.3 Å². The number of carbonyl (C=O) groups is 2. The molecule has 1 aromatic heterocycles. The molecule has 1 saturated carbocycles. The summed E-state index contributed by atoms with van der Waals surface area (Å²) < 4.78 is 34.2. The molecular formula is C22H32F2N4O3. The molecule has 0 aromatic carbocycles. The van der Waals surface area contributed by atoms with Crippen molar-refractivity contribution in [2.45, 2.75) is 77.5 Å². The van der Waals surface area contributed by atoms with Crippen LogP contribution in [0.1, 0.15) is 74.8 Å². The van der Waals surface area contributed by atoms with Crippen molar-refractivity contribution in [1.29, 1.82) is 0 Å². The Morgan fingerprint density at radius 1 is 1.29 bits per heavy atom.